The standard InChI is InChI=1S/C18H30N2O2/c1-15(2)7-9-20-11-10-19(14-17(20)8-12-21)13-16-5-3-4-6-18(16)22/h3-6,15,17,21-22H,7-14H2,1-2H3/t17-/m0/s1. The van der Waals surface area contributed by atoms with E-state index in [-0.39, 0.29) is 6.61 Å². The maximum atomic E-state index is 9.93. The van der Waals surface area contributed by atoms with Crippen LogP contribution in [-0.2, 0) is 6.54 Å². The van der Waals surface area contributed by atoms with Gasteiger partial charge >= 0.3 is 0 Å². The summed E-state index contributed by atoms with van der Waals surface area (Å²) in [5.41, 5.74) is 0.987. The van der Waals surface area contributed by atoms with Crippen LogP contribution in [-0.4, -0.2) is 58.8 Å². The van der Waals surface area contributed by atoms with E-state index in [2.05, 4.69) is 23.6 Å². The van der Waals surface area contributed by atoms with Crippen LogP contribution in [0.3, 0.4) is 0 Å². The normalized spacial score (nSPS) is 20.6. The molecule has 1 fully saturated rings. The van der Waals surface area contributed by atoms with Crippen LogP contribution in [0, 0.1) is 5.92 Å². The van der Waals surface area contributed by atoms with Gasteiger partial charge in [-0.05, 0) is 31.4 Å². The highest BCUT2D eigenvalue weighted by molar-refractivity contribution is 5.31. The average molecular weight is 306 g/mol. The molecule has 0 saturated carbocycles. The molecule has 4 nitrogen and oxygen atoms in total. The van der Waals surface area contributed by atoms with Crippen LogP contribution in [0.5, 0.6) is 5.75 Å². The molecule has 1 atom stereocenters. The largest absolute Gasteiger partial charge is 0.508 e. The lowest BCUT2D eigenvalue weighted by molar-refractivity contribution is 0.0520. The van der Waals surface area contributed by atoms with Crippen molar-refractivity contribution in [2.45, 2.75) is 39.3 Å². The average Bonchev–Trinajstić information content (AvgIpc) is 2.49. The number of phenolic OH excluding ortho intramolecular Hbond substituents is 1. The van der Waals surface area contributed by atoms with Crippen molar-refractivity contribution in [1.82, 2.24) is 9.80 Å². The molecule has 124 valence electrons. The number of aromatic hydroxyl groups is 1. The second-order valence-electron chi connectivity index (χ2n) is 6.75. The molecular formula is C18H30N2O2. The molecule has 1 aromatic rings. The second kappa shape index (κ2) is 8.51. The van der Waals surface area contributed by atoms with Crippen molar-refractivity contribution in [3.05, 3.63) is 29.8 Å². The fourth-order valence-corrected chi connectivity index (χ4v) is 3.13. The Morgan fingerprint density at radius 1 is 1.23 bits per heavy atom. The fraction of sp³-hybridized carbons (Fsp3) is 0.667. The molecule has 2 N–H and O–H groups in total. The fourth-order valence-electron chi connectivity index (χ4n) is 3.13. The zero-order valence-electron chi connectivity index (χ0n) is 13.9. The summed E-state index contributed by atoms with van der Waals surface area (Å²) >= 11 is 0. The van der Waals surface area contributed by atoms with Gasteiger partial charge in [0.1, 0.15) is 5.75 Å². The first-order chi connectivity index (χ1) is 10.6. The van der Waals surface area contributed by atoms with Gasteiger partial charge in [-0.3, -0.25) is 9.80 Å². The van der Waals surface area contributed by atoms with Gasteiger partial charge in [0.25, 0.3) is 0 Å². The van der Waals surface area contributed by atoms with Gasteiger partial charge in [-0.1, -0.05) is 32.0 Å². The number of para-hydroxylation sites is 1. The number of benzene rings is 1. The van der Waals surface area contributed by atoms with Crippen LogP contribution in [0.25, 0.3) is 0 Å². The van der Waals surface area contributed by atoms with Crippen LogP contribution in [0.15, 0.2) is 24.3 Å². The topological polar surface area (TPSA) is 46.9 Å². The minimum absolute atomic E-state index is 0.243. The monoisotopic (exact) mass is 306 g/mol. The zero-order chi connectivity index (χ0) is 15.9. The van der Waals surface area contributed by atoms with Crippen molar-refractivity contribution in [2.24, 2.45) is 5.92 Å². The van der Waals surface area contributed by atoms with Gasteiger partial charge in [-0.2, -0.15) is 0 Å². The highest BCUT2D eigenvalue weighted by atomic mass is 16.3. The molecule has 0 aliphatic carbocycles. The summed E-state index contributed by atoms with van der Waals surface area (Å²) in [6.45, 7) is 9.70. The van der Waals surface area contributed by atoms with E-state index in [0.29, 0.717) is 17.7 Å². The number of aliphatic hydroxyl groups is 1. The Morgan fingerprint density at radius 2 is 2.00 bits per heavy atom. The Labute approximate surface area is 134 Å². The van der Waals surface area contributed by atoms with Crippen molar-refractivity contribution in [3.63, 3.8) is 0 Å². The van der Waals surface area contributed by atoms with Crippen molar-refractivity contribution in [2.75, 3.05) is 32.8 Å². The molecule has 1 aliphatic heterocycles. The summed E-state index contributed by atoms with van der Waals surface area (Å²) in [5, 5.41) is 19.3. The molecular weight excluding hydrogens is 276 g/mol. The highest BCUT2D eigenvalue weighted by Crippen LogP contribution is 2.21. The maximum Gasteiger partial charge on any atom is 0.120 e. The summed E-state index contributed by atoms with van der Waals surface area (Å²) in [6, 6.07) is 7.99. The Morgan fingerprint density at radius 3 is 2.68 bits per heavy atom. The van der Waals surface area contributed by atoms with Gasteiger partial charge in [0.2, 0.25) is 0 Å². The number of nitrogens with zero attached hydrogens (tertiary/aromatic N) is 2. The predicted octanol–water partition coefficient (Wildman–Crippen LogP) is 2.31. The van der Waals surface area contributed by atoms with E-state index in [9.17, 15) is 10.2 Å². The van der Waals surface area contributed by atoms with Gasteiger partial charge in [-0.15, -0.1) is 0 Å². The molecule has 0 aromatic heterocycles. The number of rotatable bonds is 7. The van der Waals surface area contributed by atoms with E-state index in [4.69, 9.17) is 0 Å². The third-order valence-corrected chi connectivity index (χ3v) is 4.53. The van der Waals surface area contributed by atoms with E-state index in [0.717, 1.165) is 44.7 Å². The van der Waals surface area contributed by atoms with Crippen molar-refractivity contribution >= 4 is 0 Å². The molecule has 1 heterocycles. The van der Waals surface area contributed by atoms with E-state index in [1.807, 2.05) is 18.2 Å². The summed E-state index contributed by atoms with van der Waals surface area (Å²) in [5.74, 6) is 1.09. The summed E-state index contributed by atoms with van der Waals surface area (Å²) in [7, 11) is 0. The Kier molecular flexibility index (Phi) is 6.68. The van der Waals surface area contributed by atoms with Crippen LogP contribution >= 0.6 is 0 Å². The van der Waals surface area contributed by atoms with Gasteiger partial charge < -0.3 is 10.2 Å². The lowest BCUT2D eigenvalue weighted by Crippen LogP contribution is -2.53. The summed E-state index contributed by atoms with van der Waals surface area (Å²) in [6.07, 6.45) is 2.04. The molecule has 22 heavy (non-hydrogen) atoms. The molecule has 1 saturated heterocycles. The van der Waals surface area contributed by atoms with Crippen molar-refractivity contribution in [1.29, 1.82) is 0 Å². The lowest BCUT2D eigenvalue weighted by Gasteiger charge is -2.41. The smallest absolute Gasteiger partial charge is 0.120 e. The lowest BCUT2D eigenvalue weighted by atomic mass is 10.0. The molecule has 0 unspecified atom stereocenters. The SMILES string of the molecule is CC(C)CCN1CCN(Cc2ccccc2O)C[C@@H]1CCO. The summed E-state index contributed by atoms with van der Waals surface area (Å²) in [4.78, 5) is 4.92. The second-order valence-corrected chi connectivity index (χ2v) is 6.75. The summed E-state index contributed by atoms with van der Waals surface area (Å²) < 4.78 is 0. The maximum absolute atomic E-state index is 9.93. The number of hydrogen-bond donors (Lipinski definition) is 2. The van der Waals surface area contributed by atoms with Gasteiger partial charge in [0.15, 0.2) is 0 Å². The van der Waals surface area contributed by atoms with E-state index >= 15 is 0 Å². The number of phenols is 1. The minimum atomic E-state index is 0.243. The van der Waals surface area contributed by atoms with Crippen molar-refractivity contribution < 1.29 is 10.2 Å². The zero-order valence-corrected chi connectivity index (χ0v) is 13.9. The molecule has 0 spiro atoms. The molecule has 0 radical (unpaired) electrons. The van der Waals surface area contributed by atoms with Crippen LogP contribution in [0.4, 0.5) is 0 Å². The van der Waals surface area contributed by atoms with E-state index in [1.165, 1.54) is 6.42 Å². The van der Waals surface area contributed by atoms with E-state index in [1.54, 1.807) is 6.07 Å². The Balaban J connectivity index is 1.93. The van der Waals surface area contributed by atoms with Crippen LogP contribution < -0.4 is 0 Å². The highest BCUT2D eigenvalue weighted by Gasteiger charge is 2.26. The van der Waals surface area contributed by atoms with Gasteiger partial charge in [0, 0.05) is 44.4 Å². The minimum Gasteiger partial charge on any atom is -0.508 e. The first kappa shape index (κ1) is 17.3. The first-order valence-electron chi connectivity index (χ1n) is 8.44. The third-order valence-electron chi connectivity index (χ3n) is 4.53. The van der Waals surface area contributed by atoms with Gasteiger partial charge in [0.05, 0.1) is 0 Å². The molecule has 0 amide bonds. The number of aliphatic hydroxyl groups excluding tert-OH is 1. The Bertz CT molecular complexity index is 450. The number of hydrogen-bond acceptors (Lipinski definition) is 4. The molecule has 4 heteroatoms. The van der Waals surface area contributed by atoms with E-state index < -0.39 is 0 Å². The molecule has 2 rings (SSSR count). The molecule has 1 aromatic carbocycles. The Hall–Kier alpha value is -1.10. The van der Waals surface area contributed by atoms with Crippen molar-refractivity contribution in [3.8, 4) is 5.75 Å². The molecule has 0 bridgehead atoms. The predicted molar refractivity (Wildman–Crippen MR) is 89.9 cm³/mol. The molecule has 1 aliphatic rings. The quantitative estimate of drug-likeness (QED) is 0.811. The number of piperazine rings is 1. The van der Waals surface area contributed by atoms with Crippen LogP contribution in [0.1, 0.15) is 32.3 Å². The third kappa shape index (κ3) is 4.97. The van der Waals surface area contributed by atoms with Crippen LogP contribution in [0.2, 0.25) is 0 Å². The van der Waals surface area contributed by atoms with Gasteiger partial charge in [-0.25, -0.2) is 0 Å². The first-order valence-corrected chi connectivity index (χ1v) is 8.44.